The van der Waals surface area contributed by atoms with Crippen molar-refractivity contribution in [3.63, 3.8) is 0 Å². The lowest BCUT2D eigenvalue weighted by Crippen LogP contribution is -2.72. The van der Waals surface area contributed by atoms with E-state index in [0.29, 0.717) is 31.4 Å². The van der Waals surface area contributed by atoms with Crippen molar-refractivity contribution in [2.45, 2.75) is 84.1 Å². The summed E-state index contributed by atoms with van der Waals surface area (Å²) in [7, 11) is 0. The second-order valence-corrected chi connectivity index (χ2v) is 15.5. The number of rotatable bonds is 4. The zero-order valence-electron chi connectivity index (χ0n) is 29.4. The summed E-state index contributed by atoms with van der Waals surface area (Å²) in [5.41, 5.74) is 0.919. The SMILES string of the molecule is Cc1ccc([C@@H]2OC[C@@]3(C)[C@@H]4C[C@H](OC(=O)c5ccc(F)cc5)[C@@]5(C)Oc6cc(-c7cccnc7)oc(=O)c6[C@H](O)[C@@H]5[C@@]4(C)CC[C@@H]3O2)c(C)c1. The summed E-state index contributed by atoms with van der Waals surface area (Å²) in [6.45, 7) is 10.6. The van der Waals surface area contributed by atoms with E-state index in [9.17, 15) is 19.1 Å². The fourth-order valence-corrected chi connectivity index (χ4v) is 9.89. The molecule has 2 aromatic heterocycles. The lowest BCUT2D eigenvalue weighted by Gasteiger charge is -2.67. The topological polar surface area (TPSA) is 117 Å². The largest absolute Gasteiger partial charge is 0.482 e. The summed E-state index contributed by atoms with van der Waals surface area (Å²) < 4.78 is 46.1. The number of fused-ring (bicyclic) bond motifs is 6. The van der Waals surface area contributed by atoms with Crippen molar-refractivity contribution >= 4 is 5.97 Å². The molecule has 4 aliphatic rings. The van der Waals surface area contributed by atoms with Crippen molar-refractivity contribution in [3.8, 4) is 17.1 Å². The Balaban J connectivity index is 1.20. The zero-order valence-corrected chi connectivity index (χ0v) is 29.4. The number of aliphatic hydroxyl groups excluding tert-OH is 1. The van der Waals surface area contributed by atoms with Gasteiger partial charge in [0.15, 0.2) is 6.29 Å². The second-order valence-electron chi connectivity index (χ2n) is 15.5. The van der Waals surface area contributed by atoms with Crippen LogP contribution in [0, 0.1) is 42.3 Å². The number of halogens is 1. The van der Waals surface area contributed by atoms with E-state index in [-0.39, 0.29) is 34.7 Å². The second kappa shape index (κ2) is 12.1. The molecule has 2 aliphatic carbocycles. The number of esters is 1. The van der Waals surface area contributed by atoms with Gasteiger partial charge >= 0.3 is 11.6 Å². The number of hydrogen-bond donors (Lipinski definition) is 1. The van der Waals surface area contributed by atoms with E-state index in [4.69, 9.17) is 23.4 Å². The molecule has 0 spiro atoms. The van der Waals surface area contributed by atoms with Gasteiger partial charge in [0.2, 0.25) is 0 Å². The zero-order chi connectivity index (χ0) is 35.9. The fourth-order valence-electron chi connectivity index (χ4n) is 9.89. The predicted molar refractivity (Wildman–Crippen MR) is 184 cm³/mol. The van der Waals surface area contributed by atoms with Crippen LogP contribution < -0.4 is 10.4 Å². The van der Waals surface area contributed by atoms with Crippen LogP contribution in [0.15, 0.2) is 82.3 Å². The Morgan fingerprint density at radius 2 is 1.82 bits per heavy atom. The van der Waals surface area contributed by atoms with Crippen LogP contribution in [0.2, 0.25) is 0 Å². The van der Waals surface area contributed by atoms with E-state index in [1.165, 1.54) is 24.3 Å². The van der Waals surface area contributed by atoms with Crippen molar-refractivity contribution in [3.05, 3.63) is 117 Å². The number of aliphatic hydroxyl groups is 1. The molecule has 0 unspecified atom stereocenters. The molecule has 4 heterocycles. The number of benzene rings is 2. The molecule has 1 saturated heterocycles. The molecule has 0 amide bonds. The monoisotopic (exact) mass is 695 g/mol. The number of carbonyl (C=O) groups is 1. The van der Waals surface area contributed by atoms with E-state index >= 15 is 0 Å². The minimum Gasteiger partial charge on any atom is -0.482 e. The lowest BCUT2D eigenvalue weighted by atomic mass is 9.42. The van der Waals surface area contributed by atoms with E-state index in [0.717, 1.165) is 16.7 Å². The van der Waals surface area contributed by atoms with Crippen molar-refractivity contribution < 1.29 is 37.7 Å². The Labute approximate surface area is 295 Å². The number of hydrogen-bond acceptors (Lipinski definition) is 9. The van der Waals surface area contributed by atoms with Gasteiger partial charge < -0.3 is 28.5 Å². The molecule has 0 radical (unpaired) electrons. The Morgan fingerprint density at radius 3 is 2.55 bits per heavy atom. The molecule has 2 saturated carbocycles. The molecular formula is C41H42FNO8. The van der Waals surface area contributed by atoms with Crippen LogP contribution in [-0.4, -0.2) is 40.5 Å². The van der Waals surface area contributed by atoms with Gasteiger partial charge in [-0.3, -0.25) is 4.98 Å². The van der Waals surface area contributed by atoms with Crippen molar-refractivity contribution in [2.24, 2.45) is 22.7 Å². The number of aryl methyl sites for hydroxylation is 2. The van der Waals surface area contributed by atoms with Gasteiger partial charge in [-0.05, 0) is 93.3 Å². The molecule has 2 aliphatic heterocycles. The molecule has 9 atom stereocenters. The van der Waals surface area contributed by atoms with E-state index in [2.05, 4.69) is 50.9 Å². The maximum absolute atomic E-state index is 13.8. The van der Waals surface area contributed by atoms with Crippen molar-refractivity contribution in [1.29, 1.82) is 0 Å². The van der Waals surface area contributed by atoms with Crippen molar-refractivity contribution in [1.82, 2.24) is 4.98 Å². The highest BCUT2D eigenvalue weighted by atomic mass is 19.1. The Morgan fingerprint density at radius 1 is 1.04 bits per heavy atom. The highest BCUT2D eigenvalue weighted by molar-refractivity contribution is 5.89. The van der Waals surface area contributed by atoms with E-state index in [1.807, 2.05) is 6.92 Å². The summed E-state index contributed by atoms with van der Waals surface area (Å²) in [6, 6.07) is 16.5. The first-order valence-electron chi connectivity index (χ1n) is 17.6. The fraction of sp³-hybridized carbons (Fsp3) is 0.439. The normalized spacial score (nSPS) is 33.9. The van der Waals surface area contributed by atoms with Gasteiger partial charge in [0.25, 0.3) is 0 Å². The number of carbonyl (C=O) groups excluding carboxylic acids is 1. The maximum atomic E-state index is 13.8. The Hall–Kier alpha value is -4.38. The van der Waals surface area contributed by atoms with Gasteiger partial charge in [-0.1, -0.05) is 37.6 Å². The summed E-state index contributed by atoms with van der Waals surface area (Å²) in [5, 5.41) is 12.4. The molecule has 4 aromatic rings. The van der Waals surface area contributed by atoms with Gasteiger partial charge in [-0.2, -0.15) is 0 Å². The highest BCUT2D eigenvalue weighted by Crippen LogP contribution is 2.68. The van der Waals surface area contributed by atoms with Crippen LogP contribution in [0.3, 0.4) is 0 Å². The van der Waals surface area contributed by atoms with Crippen LogP contribution in [0.25, 0.3) is 11.3 Å². The first-order valence-corrected chi connectivity index (χ1v) is 17.6. The third-order valence-electron chi connectivity index (χ3n) is 12.4. The van der Waals surface area contributed by atoms with E-state index < -0.39 is 58.3 Å². The molecule has 8 rings (SSSR count). The predicted octanol–water partition coefficient (Wildman–Crippen LogP) is 7.42. The molecule has 0 bridgehead atoms. The van der Waals surface area contributed by atoms with Gasteiger partial charge in [0.05, 0.1) is 24.4 Å². The smallest absolute Gasteiger partial charge is 0.345 e. The Kier molecular flexibility index (Phi) is 8.01. The highest BCUT2D eigenvalue weighted by Gasteiger charge is 2.71. The summed E-state index contributed by atoms with van der Waals surface area (Å²) in [6.07, 6.45) is 2.04. The average Bonchev–Trinajstić information content (AvgIpc) is 3.09. The summed E-state index contributed by atoms with van der Waals surface area (Å²) in [4.78, 5) is 31.6. The van der Waals surface area contributed by atoms with Crippen LogP contribution in [-0.2, 0) is 14.2 Å². The molecule has 1 N–H and O–H groups in total. The third-order valence-corrected chi connectivity index (χ3v) is 12.4. The van der Waals surface area contributed by atoms with Gasteiger partial charge in [-0.25, -0.2) is 14.0 Å². The number of ether oxygens (including phenoxy) is 4. The summed E-state index contributed by atoms with van der Waals surface area (Å²) >= 11 is 0. The number of pyridine rings is 1. The van der Waals surface area contributed by atoms with Gasteiger partial charge in [0, 0.05) is 40.9 Å². The summed E-state index contributed by atoms with van der Waals surface area (Å²) in [5.74, 6) is -1.58. The van der Waals surface area contributed by atoms with Gasteiger partial charge in [-0.15, -0.1) is 0 Å². The average molecular weight is 696 g/mol. The molecular weight excluding hydrogens is 653 g/mol. The van der Waals surface area contributed by atoms with Crippen LogP contribution in [0.4, 0.5) is 4.39 Å². The third kappa shape index (κ3) is 5.33. The number of aromatic nitrogens is 1. The Bertz CT molecular complexity index is 2050. The molecule has 10 heteroatoms. The quantitative estimate of drug-likeness (QED) is 0.218. The molecule has 266 valence electrons. The minimum absolute atomic E-state index is 0.0360. The van der Waals surface area contributed by atoms with Crippen LogP contribution in [0.5, 0.6) is 5.75 Å². The van der Waals surface area contributed by atoms with E-state index in [1.54, 1.807) is 30.6 Å². The van der Waals surface area contributed by atoms with Crippen LogP contribution in [0.1, 0.15) is 85.0 Å². The lowest BCUT2D eigenvalue weighted by molar-refractivity contribution is -0.330. The first-order chi connectivity index (χ1) is 24.3. The molecule has 9 nitrogen and oxygen atoms in total. The van der Waals surface area contributed by atoms with Crippen LogP contribution >= 0.6 is 0 Å². The molecule has 3 fully saturated rings. The first kappa shape index (κ1) is 33.7. The standard InChI is InChI=1S/C41H42FNO8/c1-22-8-13-27(23(2)17-22)38-47-21-40(4)30-19-32(49-36(45)24-9-11-26(42)12-10-24)41(5)35(39(30,3)15-14-31(40)50-38)34(44)33-29(51-41)18-28(48-37(33)46)25-7-6-16-43-20-25/h6-13,16-18,20,30-32,34-35,38,44H,14-15,19,21H2,1-5H3/t30-,31+,32+,34+,35-,38-,39+,40+,41-/m1/s1. The van der Waals surface area contributed by atoms with Crippen molar-refractivity contribution in [2.75, 3.05) is 6.61 Å². The molecule has 2 aromatic carbocycles. The van der Waals surface area contributed by atoms with Gasteiger partial charge in [0.1, 0.15) is 34.6 Å². The maximum Gasteiger partial charge on any atom is 0.345 e. The number of nitrogens with zero attached hydrogens (tertiary/aromatic N) is 1. The minimum atomic E-state index is -1.30. The molecule has 51 heavy (non-hydrogen) atoms.